The quantitative estimate of drug-likeness (QED) is 0.675. The first-order chi connectivity index (χ1) is 9.56. The number of aryl methyl sites for hydroxylation is 1. The maximum absolute atomic E-state index is 11.9. The van der Waals surface area contributed by atoms with E-state index in [-0.39, 0.29) is 17.6 Å². The van der Waals surface area contributed by atoms with Crippen LogP contribution in [0, 0.1) is 6.92 Å². The summed E-state index contributed by atoms with van der Waals surface area (Å²) < 4.78 is 0. The Morgan fingerprint density at radius 1 is 1.30 bits per heavy atom. The van der Waals surface area contributed by atoms with Gasteiger partial charge in [0.1, 0.15) is 0 Å². The molecule has 1 saturated heterocycles. The molecule has 1 heterocycles. The third-order valence-corrected chi connectivity index (χ3v) is 3.33. The zero-order chi connectivity index (χ0) is 14.5. The number of hydrogen-bond acceptors (Lipinski definition) is 3. The van der Waals surface area contributed by atoms with E-state index >= 15 is 0 Å². The van der Waals surface area contributed by atoms with Gasteiger partial charge in [-0.05, 0) is 45.0 Å². The van der Waals surface area contributed by atoms with Gasteiger partial charge in [0.2, 0.25) is 0 Å². The number of piperidine rings is 1. The summed E-state index contributed by atoms with van der Waals surface area (Å²) in [5, 5.41) is 17.8. The number of carboxylic acids is 1. The second-order valence-corrected chi connectivity index (χ2v) is 4.98. The molecule has 1 aliphatic rings. The molecule has 6 nitrogen and oxygen atoms in total. The largest absolute Gasteiger partial charge is 0.478 e. The molecular formula is C14H19N3O3. The van der Waals surface area contributed by atoms with Crippen molar-refractivity contribution in [3.8, 4) is 0 Å². The lowest BCUT2D eigenvalue weighted by atomic mass is 10.1. The van der Waals surface area contributed by atoms with Crippen LogP contribution in [0.1, 0.15) is 28.8 Å². The summed E-state index contributed by atoms with van der Waals surface area (Å²) in [6.45, 7) is 3.58. The molecule has 108 valence electrons. The molecule has 0 unspecified atom stereocenters. The van der Waals surface area contributed by atoms with Crippen LogP contribution in [0.2, 0.25) is 0 Å². The molecular weight excluding hydrogens is 258 g/mol. The van der Waals surface area contributed by atoms with E-state index in [0.717, 1.165) is 31.5 Å². The predicted molar refractivity (Wildman–Crippen MR) is 76.2 cm³/mol. The summed E-state index contributed by atoms with van der Waals surface area (Å²) in [7, 11) is 0. The summed E-state index contributed by atoms with van der Waals surface area (Å²) in [4.78, 5) is 23.1. The van der Waals surface area contributed by atoms with Gasteiger partial charge in [-0.25, -0.2) is 9.59 Å². The van der Waals surface area contributed by atoms with Crippen molar-refractivity contribution in [3.05, 3.63) is 29.3 Å². The van der Waals surface area contributed by atoms with E-state index in [9.17, 15) is 9.59 Å². The Labute approximate surface area is 117 Å². The summed E-state index contributed by atoms with van der Waals surface area (Å²) >= 11 is 0. The maximum atomic E-state index is 11.9. The minimum absolute atomic E-state index is 0.102. The van der Waals surface area contributed by atoms with Gasteiger partial charge >= 0.3 is 12.0 Å². The van der Waals surface area contributed by atoms with E-state index in [1.807, 2.05) is 6.92 Å². The number of carbonyl (C=O) groups is 2. The molecule has 1 aromatic rings. The van der Waals surface area contributed by atoms with Gasteiger partial charge in [0.15, 0.2) is 0 Å². The molecule has 0 spiro atoms. The highest BCUT2D eigenvalue weighted by Gasteiger charge is 2.17. The standard InChI is InChI=1S/C14H19N3O3/c1-9-2-3-12(11(8-9)13(18)19)17-14(20)16-10-4-6-15-7-5-10/h2-3,8,10,15H,4-7H2,1H3,(H,18,19)(H2,16,17,20). The smallest absolute Gasteiger partial charge is 0.337 e. The third-order valence-electron chi connectivity index (χ3n) is 3.33. The van der Waals surface area contributed by atoms with Crippen LogP contribution >= 0.6 is 0 Å². The Balaban J connectivity index is 2.01. The third kappa shape index (κ3) is 3.71. The van der Waals surface area contributed by atoms with Crippen molar-refractivity contribution in [3.63, 3.8) is 0 Å². The molecule has 20 heavy (non-hydrogen) atoms. The topological polar surface area (TPSA) is 90.5 Å². The number of carboxylic acid groups (broad SMARTS) is 1. The van der Waals surface area contributed by atoms with Gasteiger partial charge in [-0.1, -0.05) is 11.6 Å². The monoisotopic (exact) mass is 277 g/mol. The van der Waals surface area contributed by atoms with Gasteiger partial charge in [0.25, 0.3) is 0 Å². The number of urea groups is 1. The Morgan fingerprint density at radius 3 is 2.65 bits per heavy atom. The fraction of sp³-hybridized carbons (Fsp3) is 0.429. The average Bonchev–Trinajstić information content (AvgIpc) is 2.41. The summed E-state index contributed by atoms with van der Waals surface area (Å²) in [5.41, 5.74) is 1.26. The fourth-order valence-corrected chi connectivity index (χ4v) is 2.25. The lowest BCUT2D eigenvalue weighted by molar-refractivity contribution is 0.0698. The van der Waals surface area contributed by atoms with Crippen LogP contribution in [-0.4, -0.2) is 36.2 Å². The van der Waals surface area contributed by atoms with Crippen LogP contribution < -0.4 is 16.0 Å². The van der Waals surface area contributed by atoms with E-state index in [1.165, 1.54) is 0 Å². The molecule has 0 saturated carbocycles. The first-order valence-electron chi connectivity index (χ1n) is 6.68. The van der Waals surface area contributed by atoms with Crippen molar-refractivity contribution < 1.29 is 14.7 Å². The van der Waals surface area contributed by atoms with Crippen LogP contribution in [0.3, 0.4) is 0 Å². The van der Waals surface area contributed by atoms with Gasteiger partial charge in [-0.3, -0.25) is 0 Å². The molecule has 2 rings (SSSR count). The molecule has 2 amide bonds. The molecule has 1 aromatic carbocycles. The van der Waals surface area contributed by atoms with Gasteiger partial charge in [0.05, 0.1) is 11.3 Å². The Bertz CT molecular complexity index is 510. The summed E-state index contributed by atoms with van der Waals surface area (Å²) in [6.07, 6.45) is 1.76. The number of hydrogen-bond donors (Lipinski definition) is 4. The molecule has 1 fully saturated rings. The molecule has 6 heteroatoms. The first-order valence-corrected chi connectivity index (χ1v) is 6.68. The zero-order valence-electron chi connectivity index (χ0n) is 11.4. The van der Waals surface area contributed by atoms with Gasteiger partial charge < -0.3 is 21.1 Å². The number of rotatable bonds is 3. The number of amides is 2. The molecule has 0 aliphatic carbocycles. The van der Waals surface area contributed by atoms with Crippen LogP contribution in [0.25, 0.3) is 0 Å². The normalized spacial score (nSPS) is 15.7. The lowest BCUT2D eigenvalue weighted by Crippen LogP contribution is -2.44. The molecule has 0 atom stereocenters. The van der Waals surface area contributed by atoms with E-state index < -0.39 is 5.97 Å². The molecule has 4 N–H and O–H groups in total. The van der Waals surface area contributed by atoms with Gasteiger partial charge in [0, 0.05) is 6.04 Å². The second kappa shape index (κ2) is 6.38. The number of carbonyl (C=O) groups excluding carboxylic acids is 1. The highest BCUT2D eigenvalue weighted by Crippen LogP contribution is 2.17. The second-order valence-electron chi connectivity index (χ2n) is 4.98. The number of benzene rings is 1. The molecule has 1 aliphatic heterocycles. The fourth-order valence-electron chi connectivity index (χ4n) is 2.25. The summed E-state index contributed by atoms with van der Waals surface area (Å²) in [5.74, 6) is -1.05. The van der Waals surface area contributed by atoms with Crippen molar-refractivity contribution in [2.75, 3.05) is 18.4 Å². The van der Waals surface area contributed by atoms with Crippen molar-refractivity contribution in [2.24, 2.45) is 0 Å². The Morgan fingerprint density at radius 2 is 2.00 bits per heavy atom. The Kier molecular flexibility index (Phi) is 4.57. The first kappa shape index (κ1) is 14.3. The van der Waals surface area contributed by atoms with E-state index in [0.29, 0.717) is 5.69 Å². The minimum Gasteiger partial charge on any atom is -0.478 e. The van der Waals surface area contributed by atoms with E-state index in [4.69, 9.17) is 5.11 Å². The van der Waals surface area contributed by atoms with E-state index in [2.05, 4.69) is 16.0 Å². The lowest BCUT2D eigenvalue weighted by Gasteiger charge is -2.24. The minimum atomic E-state index is -1.05. The zero-order valence-corrected chi connectivity index (χ0v) is 11.4. The van der Waals surface area contributed by atoms with Crippen molar-refractivity contribution in [2.45, 2.75) is 25.8 Å². The van der Waals surface area contributed by atoms with Gasteiger partial charge in [-0.15, -0.1) is 0 Å². The average molecular weight is 277 g/mol. The number of anilines is 1. The van der Waals surface area contributed by atoms with Crippen molar-refractivity contribution in [1.29, 1.82) is 0 Å². The van der Waals surface area contributed by atoms with Crippen LogP contribution in [0.4, 0.5) is 10.5 Å². The van der Waals surface area contributed by atoms with Gasteiger partial charge in [-0.2, -0.15) is 0 Å². The molecule has 0 radical (unpaired) electrons. The van der Waals surface area contributed by atoms with Crippen molar-refractivity contribution in [1.82, 2.24) is 10.6 Å². The van der Waals surface area contributed by atoms with Crippen LogP contribution in [0.5, 0.6) is 0 Å². The predicted octanol–water partition coefficient (Wildman–Crippen LogP) is 1.57. The van der Waals surface area contributed by atoms with Crippen LogP contribution in [-0.2, 0) is 0 Å². The Hall–Kier alpha value is -2.08. The van der Waals surface area contributed by atoms with Crippen LogP contribution in [0.15, 0.2) is 18.2 Å². The van der Waals surface area contributed by atoms with Crippen molar-refractivity contribution >= 4 is 17.7 Å². The molecule has 0 aromatic heterocycles. The SMILES string of the molecule is Cc1ccc(NC(=O)NC2CCNCC2)c(C(=O)O)c1. The maximum Gasteiger partial charge on any atom is 0.337 e. The number of nitrogens with one attached hydrogen (secondary N) is 3. The van der Waals surface area contributed by atoms with E-state index in [1.54, 1.807) is 18.2 Å². The molecule has 0 bridgehead atoms. The highest BCUT2D eigenvalue weighted by atomic mass is 16.4. The highest BCUT2D eigenvalue weighted by molar-refractivity contribution is 6.00. The number of aromatic carboxylic acids is 1. The summed E-state index contributed by atoms with van der Waals surface area (Å²) in [6, 6.07) is 4.70.